The Morgan fingerprint density at radius 2 is 1.67 bits per heavy atom. The first kappa shape index (κ1) is 19.0. The third-order valence-electron chi connectivity index (χ3n) is 4.87. The van der Waals surface area contributed by atoms with Crippen molar-refractivity contribution in [3.8, 4) is 0 Å². The zero-order valence-corrected chi connectivity index (χ0v) is 15.7. The lowest BCUT2D eigenvalue weighted by atomic mass is 9.67. The highest BCUT2D eigenvalue weighted by Gasteiger charge is 2.38. The van der Waals surface area contributed by atoms with Gasteiger partial charge in [-0.25, -0.2) is 0 Å². The largest absolute Gasteiger partial charge is 0.313 e. The molecule has 0 aromatic rings. The molecule has 1 aliphatic rings. The highest BCUT2D eigenvalue weighted by molar-refractivity contribution is 4.94. The van der Waals surface area contributed by atoms with Crippen LogP contribution in [0.25, 0.3) is 0 Å². The molecule has 1 saturated carbocycles. The van der Waals surface area contributed by atoms with E-state index in [9.17, 15) is 0 Å². The van der Waals surface area contributed by atoms with Gasteiger partial charge in [0, 0.05) is 25.7 Å². The van der Waals surface area contributed by atoms with E-state index in [1.165, 1.54) is 38.9 Å². The molecule has 0 aliphatic heterocycles. The summed E-state index contributed by atoms with van der Waals surface area (Å²) in [4.78, 5) is 2.73. The Labute approximate surface area is 134 Å². The van der Waals surface area contributed by atoms with E-state index >= 15 is 0 Å². The molecule has 1 aliphatic carbocycles. The summed E-state index contributed by atoms with van der Waals surface area (Å²) >= 11 is 0. The molecule has 0 amide bonds. The summed E-state index contributed by atoms with van der Waals surface area (Å²) in [6.07, 6.45) is 4.17. The molecule has 0 bridgehead atoms. The highest BCUT2D eigenvalue weighted by atomic mass is 15.1. The maximum Gasteiger partial charge on any atom is 0.0159 e. The average Bonchev–Trinajstić information content (AvgIpc) is 2.31. The van der Waals surface area contributed by atoms with Crippen LogP contribution in [-0.2, 0) is 0 Å². The van der Waals surface area contributed by atoms with E-state index < -0.39 is 0 Å². The molecule has 1 fully saturated rings. The number of nitrogens with zero attached hydrogens (tertiary/aromatic N) is 1. The summed E-state index contributed by atoms with van der Waals surface area (Å²) in [5, 5.41) is 3.81. The predicted octanol–water partition coefficient (Wildman–Crippen LogP) is 4.40. The molecule has 1 N–H and O–H groups in total. The van der Waals surface area contributed by atoms with Gasteiger partial charge in [-0.15, -0.1) is 0 Å². The summed E-state index contributed by atoms with van der Waals surface area (Å²) in [6, 6.07) is 0.679. The third kappa shape index (κ3) is 6.28. The Hall–Kier alpha value is -0.0800. The quantitative estimate of drug-likeness (QED) is 0.714. The van der Waals surface area contributed by atoms with Crippen LogP contribution >= 0.6 is 0 Å². The van der Waals surface area contributed by atoms with Gasteiger partial charge >= 0.3 is 0 Å². The summed E-state index contributed by atoms with van der Waals surface area (Å²) < 4.78 is 0. The topological polar surface area (TPSA) is 15.3 Å². The van der Waals surface area contributed by atoms with Crippen molar-refractivity contribution in [1.82, 2.24) is 10.2 Å². The molecule has 1 rings (SSSR count). The number of rotatable bonds is 8. The maximum atomic E-state index is 3.81. The zero-order valence-electron chi connectivity index (χ0n) is 15.7. The molecular formula is C19H40N2. The SMILES string of the molecule is CCNC1C(CN(CC(C)C)CC(C)C)CCCC1(C)C. The standard InChI is InChI=1S/C19H40N2/c1-8-20-18-17(10-9-11-19(18,6)7)14-21(12-15(2)3)13-16(4)5/h15-18,20H,8-14H2,1-7H3. The minimum atomic E-state index is 0.445. The van der Waals surface area contributed by atoms with E-state index in [2.05, 4.69) is 58.7 Å². The van der Waals surface area contributed by atoms with Crippen LogP contribution in [0.15, 0.2) is 0 Å². The van der Waals surface area contributed by atoms with Crippen LogP contribution in [0.3, 0.4) is 0 Å². The Kier molecular flexibility index (Phi) is 7.70. The first-order valence-corrected chi connectivity index (χ1v) is 9.22. The summed E-state index contributed by atoms with van der Waals surface area (Å²) in [5.41, 5.74) is 0.445. The van der Waals surface area contributed by atoms with Gasteiger partial charge in [0.05, 0.1) is 0 Å². The fourth-order valence-corrected chi connectivity index (χ4v) is 4.23. The van der Waals surface area contributed by atoms with Gasteiger partial charge in [0.25, 0.3) is 0 Å². The Bertz CT molecular complexity index is 273. The van der Waals surface area contributed by atoms with Gasteiger partial charge in [-0.2, -0.15) is 0 Å². The minimum Gasteiger partial charge on any atom is -0.313 e. The van der Waals surface area contributed by atoms with Gasteiger partial charge in [0.1, 0.15) is 0 Å². The van der Waals surface area contributed by atoms with E-state index in [1.54, 1.807) is 0 Å². The smallest absolute Gasteiger partial charge is 0.0159 e. The molecule has 0 spiro atoms. The summed E-state index contributed by atoms with van der Waals surface area (Å²) in [5.74, 6) is 2.34. The first-order chi connectivity index (χ1) is 9.76. The van der Waals surface area contributed by atoms with E-state index in [1.807, 2.05) is 0 Å². The summed E-state index contributed by atoms with van der Waals surface area (Å²) in [6.45, 7) is 21.4. The molecule has 2 atom stereocenters. The number of hydrogen-bond donors (Lipinski definition) is 1. The highest BCUT2D eigenvalue weighted by Crippen LogP contribution is 2.39. The minimum absolute atomic E-state index is 0.445. The van der Waals surface area contributed by atoms with Crippen molar-refractivity contribution < 1.29 is 0 Å². The van der Waals surface area contributed by atoms with Crippen LogP contribution in [0.5, 0.6) is 0 Å². The molecule has 2 nitrogen and oxygen atoms in total. The lowest BCUT2D eigenvalue weighted by molar-refractivity contribution is 0.0724. The van der Waals surface area contributed by atoms with Crippen LogP contribution in [0.4, 0.5) is 0 Å². The lowest BCUT2D eigenvalue weighted by Crippen LogP contribution is -2.53. The van der Waals surface area contributed by atoms with Crippen molar-refractivity contribution in [3.05, 3.63) is 0 Å². The van der Waals surface area contributed by atoms with Crippen LogP contribution in [0.1, 0.15) is 67.7 Å². The van der Waals surface area contributed by atoms with E-state index in [4.69, 9.17) is 0 Å². The van der Waals surface area contributed by atoms with Crippen molar-refractivity contribution >= 4 is 0 Å². The molecule has 0 aromatic carbocycles. The first-order valence-electron chi connectivity index (χ1n) is 9.22. The van der Waals surface area contributed by atoms with Gasteiger partial charge in [-0.1, -0.05) is 54.9 Å². The molecule has 2 unspecified atom stereocenters. The fourth-order valence-electron chi connectivity index (χ4n) is 4.23. The molecule has 21 heavy (non-hydrogen) atoms. The number of hydrogen-bond acceptors (Lipinski definition) is 2. The molecule has 2 heteroatoms. The van der Waals surface area contributed by atoms with Crippen LogP contribution in [0, 0.1) is 23.2 Å². The monoisotopic (exact) mass is 296 g/mol. The second-order valence-electron chi connectivity index (χ2n) is 8.68. The van der Waals surface area contributed by atoms with Crippen molar-refractivity contribution in [1.29, 1.82) is 0 Å². The zero-order chi connectivity index (χ0) is 16.0. The second kappa shape index (κ2) is 8.53. The van der Waals surface area contributed by atoms with Crippen molar-refractivity contribution in [2.75, 3.05) is 26.2 Å². The maximum absolute atomic E-state index is 3.81. The van der Waals surface area contributed by atoms with Crippen molar-refractivity contribution in [2.45, 2.75) is 73.8 Å². The van der Waals surface area contributed by atoms with Crippen molar-refractivity contribution in [2.24, 2.45) is 23.2 Å². The lowest BCUT2D eigenvalue weighted by Gasteiger charge is -2.46. The Morgan fingerprint density at radius 1 is 1.10 bits per heavy atom. The Balaban J connectivity index is 2.73. The van der Waals surface area contributed by atoms with Gasteiger partial charge in [-0.3, -0.25) is 0 Å². The summed E-state index contributed by atoms with van der Waals surface area (Å²) in [7, 11) is 0. The molecule has 0 aromatic heterocycles. The van der Waals surface area contributed by atoms with E-state index in [0.29, 0.717) is 11.5 Å². The predicted molar refractivity (Wildman–Crippen MR) is 94.7 cm³/mol. The van der Waals surface area contributed by atoms with Gasteiger partial charge in [0.2, 0.25) is 0 Å². The van der Waals surface area contributed by atoms with Crippen LogP contribution in [0.2, 0.25) is 0 Å². The van der Waals surface area contributed by atoms with Gasteiger partial charge in [0.15, 0.2) is 0 Å². The molecular weight excluding hydrogens is 256 g/mol. The molecule has 126 valence electrons. The number of nitrogens with one attached hydrogen (secondary N) is 1. The molecule has 0 heterocycles. The average molecular weight is 297 g/mol. The van der Waals surface area contributed by atoms with Crippen molar-refractivity contribution in [3.63, 3.8) is 0 Å². The second-order valence-corrected chi connectivity index (χ2v) is 8.68. The Morgan fingerprint density at radius 3 is 2.14 bits per heavy atom. The van der Waals surface area contributed by atoms with E-state index in [-0.39, 0.29) is 0 Å². The van der Waals surface area contributed by atoms with Crippen LogP contribution < -0.4 is 5.32 Å². The normalized spacial score (nSPS) is 26.0. The fraction of sp³-hybridized carbons (Fsp3) is 1.00. The third-order valence-corrected chi connectivity index (χ3v) is 4.87. The van der Waals surface area contributed by atoms with Gasteiger partial charge in [-0.05, 0) is 42.6 Å². The molecule has 0 saturated heterocycles. The van der Waals surface area contributed by atoms with Gasteiger partial charge < -0.3 is 10.2 Å². The molecule has 0 radical (unpaired) electrons. The van der Waals surface area contributed by atoms with Crippen LogP contribution in [-0.4, -0.2) is 37.1 Å². The van der Waals surface area contributed by atoms with E-state index in [0.717, 1.165) is 24.3 Å².